The van der Waals surface area contributed by atoms with E-state index in [4.69, 9.17) is 4.42 Å². The number of rotatable bonds is 3. The lowest BCUT2D eigenvalue weighted by Crippen LogP contribution is -1.66. The molecule has 0 spiro atoms. The van der Waals surface area contributed by atoms with Crippen LogP contribution in [0, 0.1) is 6.92 Å². The highest BCUT2D eigenvalue weighted by Gasteiger charge is 1.76. The maximum absolute atomic E-state index is 4.71. The number of unbranched alkanes of at least 4 members (excludes halogenated alkanes) is 3. The lowest BCUT2D eigenvalue weighted by molar-refractivity contribution is 0.565. The SMILES string of the molecule is CCCCCC.Cc1ccoc1. The minimum absolute atomic E-state index is 1.18. The second kappa shape index (κ2) is 8.38. The van der Waals surface area contributed by atoms with Crippen molar-refractivity contribution >= 4 is 0 Å². The van der Waals surface area contributed by atoms with Crippen LogP contribution in [0.2, 0.25) is 0 Å². The van der Waals surface area contributed by atoms with Crippen LogP contribution >= 0.6 is 0 Å². The van der Waals surface area contributed by atoms with E-state index in [0.29, 0.717) is 0 Å². The van der Waals surface area contributed by atoms with E-state index >= 15 is 0 Å². The fraction of sp³-hybridized carbons (Fsp3) is 0.636. The summed E-state index contributed by atoms with van der Waals surface area (Å²) in [5.74, 6) is 0. The molecule has 12 heavy (non-hydrogen) atoms. The molecule has 0 bridgehead atoms. The average molecular weight is 168 g/mol. The highest BCUT2D eigenvalue weighted by atomic mass is 16.3. The molecule has 1 nitrogen and oxygen atoms in total. The van der Waals surface area contributed by atoms with Gasteiger partial charge in [-0.2, -0.15) is 0 Å². The van der Waals surface area contributed by atoms with Crippen molar-refractivity contribution in [2.75, 3.05) is 0 Å². The molecule has 1 heteroatoms. The maximum atomic E-state index is 4.71. The van der Waals surface area contributed by atoms with Gasteiger partial charge >= 0.3 is 0 Å². The molecule has 0 unspecified atom stereocenters. The molecule has 0 aliphatic heterocycles. The van der Waals surface area contributed by atoms with Gasteiger partial charge < -0.3 is 4.42 Å². The third kappa shape index (κ3) is 7.39. The molecule has 0 saturated carbocycles. The molecular formula is C11H20O. The lowest BCUT2D eigenvalue weighted by Gasteiger charge is -1.86. The van der Waals surface area contributed by atoms with E-state index < -0.39 is 0 Å². The molecule has 70 valence electrons. The fourth-order valence-corrected chi connectivity index (χ4v) is 0.833. The van der Waals surface area contributed by atoms with Gasteiger partial charge in [-0.1, -0.05) is 39.5 Å². The van der Waals surface area contributed by atoms with E-state index in [-0.39, 0.29) is 0 Å². The van der Waals surface area contributed by atoms with Crippen molar-refractivity contribution in [2.45, 2.75) is 46.5 Å². The Labute approximate surface area is 75.8 Å². The Bertz CT molecular complexity index is 150. The van der Waals surface area contributed by atoms with Crippen molar-refractivity contribution in [2.24, 2.45) is 0 Å². The number of hydrogen-bond acceptors (Lipinski definition) is 1. The second-order valence-electron chi connectivity index (χ2n) is 3.01. The van der Waals surface area contributed by atoms with Gasteiger partial charge in [0.05, 0.1) is 12.5 Å². The minimum Gasteiger partial charge on any atom is -0.472 e. The largest absolute Gasteiger partial charge is 0.472 e. The van der Waals surface area contributed by atoms with Gasteiger partial charge in [0, 0.05) is 0 Å². The molecule has 0 fully saturated rings. The van der Waals surface area contributed by atoms with E-state index in [2.05, 4.69) is 13.8 Å². The van der Waals surface area contributed by atoms with Crippen LogP contribution in [0.25, 0.3) is 0 Å². The van der Waals surface area contributed by atoms with Crippen LogP contribution in [-0.2, 0) is 0 Å². The van der Waals surface area contributed by atoms with E-state index in [1.165, 1.54) is 31.2 Å². The molecule has 1 rings (SSSR count). The van der Waals surface area contributed by atoms with Crippen LogP contribution in [-0.4, -0.2) is 0 Å². The fourth-order valence-electron chi connectivity index (χ4n) is 0.833. The molecular weight excluding hydrogens is 148 g/mol. The summed E-state index contributed by atoms with van der Waals surface area (Å²) in [5, 5.41) is 0. The van der Waals surface area contributed by atoms with Crippen LogP contribution < -0.4 is 0 Å². The molecule has 0 radical (unpaired) electrons. The Balaban J connectivity index is 0.000000202. The number of aryl methyl sites for hydroxylation is 1. The molecule has 0 N–H and O–H groups in total. The molecule has 0 atom stereocenters. The topological polar surface area (TPSA) is 13.1 Å². The van der Waals surface area contributed by atoms with Gasteiger partial charge in [-0.05, 0) is 18.6 Å². The van der Waals surface area contributed by atoms with Gasteiger partial charge in [0.25, 0.3) is 0 Å². The Hall–Kier alpha value is -0.720. The van der Waals surface area contributed by atoms with Crippen LogP contribution in [0.1, 0.15) is 45.1 Å². The number of furan rings is 1. The summed E-state index contributed by atoms with van der Waals surface area (Å²) < 4.78 is 4.71. The average Bonchev–Trinajstić information content (AvgIpc) is 2.53. The summed E-state index contributed by atoms with van der Waals surface area (Å²) in [6, 6.07) is 1.92. The lowest BCUT2D eigenvalue weighted by atomic mass is 10.2. The first-order valence-corrected chi connectivity index (χ1v) is 4.80. The van der Waals surface area contributed by atoms with Gasteiger partial charge in [-0.25, -0.2) is 0 Å². The van der Waals surface area contributed by atoms with Gasteiger partial charge in [0.15, 0.2) is 0 Å². The van der Waals surface area contributed by atoms with Crippen molar-refractivity contribution in [1.82, 2.24) is 0 Å². The Morgan fingerprint density at radius 1 is 1.17 bits per heavy atom. The quantitative estimate of drug-likeness (QED) is 0.617. The first-order chi connectivity index (χ1) is 5.81. The third-order valence-electron chi connectivity index (χ3n) is 1.62. The zero-order valence-electron chi connectivity index (χ0n) is 8.47. The Morgan fingerprint density at radius 2 is 1.75 bits per heavy atom. The van der Waals surface area contributed by atoms with Gasteiger partial charge in [0.2, 0.25) is 0 Å². The summed E-state index contributed by atoms with van der Waals surface area (Å²) in [6.45, 7) is 6.45. The monoisotopic (exact) mass is 168 g/mol. The van der Waals surface area contributed by atoms with Gasteiger partial charge in [-0.3, -0.25) is 0 Å². The smallest absolute Gasteiger partial charge is 0.0931 e. The molecule has 1 aromatic heterocycles. The predicted molar refractivity (Wildman–Crippen MR) is 53.3 cm³/mol. The minimum atomic E-state index is 1.18. The zero-order valence-corrected chi connectivity index (χ0v) is 8.47. The normalized spacial score (nSPS) is 8.92. The van der Waals surface area contributed by atoms with Crippen LogP contribution in [0.4, 0.5) is 0 Å². The van der Waals surface area contributed by atoms with Crippen molar-refractivity contribution in [3.8, 4) is 0 Å². The maximum Gasteiger partial charge on any atom is 0.0931 e. The van der Waals surface area contributed by atoms with Crippen LogP contribution in [0.5, 0.6) is 0 Å². The van der Waals surface area contributed by atoms with Crippen molar-refractivity contribution < 1.29 is 4.42 Å². The molecule has 0 amide bonds. The van der Waals surface area contributed by atoms with E-state index in [1.54, 1.807) is 12.5 Å². The molecule has 0 aromatic carbocycles. The summed E-state index contributed by atoms with van der Waals surface area (Å²) in [6.07, 6.45) is 8.91. The van der Waals surface area contributed by atoms with Crippen molar-refractivity contribution in [3.63, 3.8) is 0 Å². The second-order valence-corrected chi connectivity index (χ2v) is 3.01. The molecule has 0 aliphatic carbocycles. The summed E-state index contributed by atoms with van der Waals surface area (Å²) in [7, 11) is 0. The highest BCUT2D eigenvalue weighted by Crippen LogP contribution is 1.95. The van der Waals surface area contributed by atoms with E-state index in [1.807, 2.05) is 13.0 Å². The van der Waals surface area contributed by atoms with Gasteiger partial charge in [0.1, 0.15) is 0 Å². The summed E-state index contributed by atoms with van der Waals surface area (Å²) in [5.41, 5.74) is 1.18. The van der Waals surface area contributed by atoms with Crippen molar-refractivity contribution in [3.05, 3.63) is 24.2 Å². The first kappa shape index (κ1) is 11.3. The van der Waals surface area contributed by atoms with Crippen molar-refractivity contribution in [1.29, 1.82) is 0 Å². The van der Waals surface area contributed by atoms with Crippen LogP contribution in [0.3, 0.4) is 0 Å². The zero-order chi connectivity index (χ0) is 9.23. The number of hydrogen-bond donors (Lipinski definition) is 0. The predicted octanol–water partition coefficient (Wildman–Crippen LogP) is 4.17. The molecule has 0 saturated heterocycles. The summed E-state index contributed by atoms with van der Waals surface area (Å²) in [4.78, 5) is 0. The van der Waals surface area contributed by atoms with E-state index in [0.717, 1.165) is 0 Å². The van der Waals surface area contributed by atoms with E-state index in [9.17, 15) is 0 Å². The molecule has 0 aliphatic rings. The summed E-state index contributed by atoms with van der Waals surface area (Å²) >= 11 is 0. The first-order valence-electron chi connectivity index (χ1n) is 4.80. The highest BCUT2D eigenvalue weighted by molar-refractivity contribution is 5.00. The Kier molecular flexibility index (Phi) is 7.87. The molecule has 1 aromatic rings. The standard InChI is InChI=1S/C6H14.C5H6O/c1-3-5-6-4-2;1-5-2-3-6-4-5/h3-6H2,1-2H3;2-4H,1H3. The Morgan fingerprint density at radius 3 is 1.92 bits per heavy atom. The third-order valence-corrected chi connectivity index (χ3v) is 1.62. The van der Waals surface area contributed by atoms with Crippen LogP contribution in [0.15, 0.2) is 23.0 Å². The van der Waals surface area contributed by atoms with Gasteiger partial charge in [-0.15, -0.1) is 0 Å². The molecule has 1 heterocycles.